The predicted octanol–water partition coefficient (Wildman–Crippen LogP) is 2.22. The molecule has 2 nitrogen and oxygen atoms in total. The highest BCUT2D eigenvalue weighted by molar-refractivity contribution is 8.02. The molecule has 2 rings (SSSR count). The molecule has 1 aromatic rings. The summed E-state index contributed by atoms with van der Waals surface area (Å²) >= 11 is 1.62. The molecule has 0 bridgehead atoms. The number of rotatable bonds is 0. The Balaban J connectivity index is 2.48. The van der Waals surface area contributed by atoms with Crippen molar-refractivity contribution < 1.29 is 4.74 Å². The third-order valence-electron chi connectivity index (χ3n) is 1.41. The maximum absolute atomic E-state index is 5.59. The van der Waals surface area contributed by atoms with Gasteiger partial charge in [-0.25, -0.2) is 0 Å². The summed E-state index contributed by atoms with van der Waals surface area (Å²) in [4.78, 5) is 1.08. The fraction of sp³-hybridized carbons (Fsp3) is 0. The minimum atomic E-state index is 0.773. The van der Waals surface area contributed by atoms with Crippen LogP contribution >= 0.6 is 11.8 Å². The molecule has 0 radical (unpaired) electrons. The Morgan fingerprint density at radius 2 is 2.27 bits per heavy atom. The van der Waals surface area contributed by atoms with Crippen LogP contribution in [0.2, 0.25) is 0 Å². The Labute approximate surface area is 69.0 Å². The molecular weight excluding hydrogens is 158 g/mol. The molecule has 1 aromatic carbocycles. The van der Waals surface area contributed by atoms with Crippen LogP contribution in [0.25, 0.3) is 0 Å². The molecule has 0 atom stereocenters. The SMILES string of the molecule is Nc1ccc2c(c1)SC=CO2. The summed E-state index contributed by atoms with van der Waals surface area (Å²) in [5, 5.41) is 1.89. The zero-order chi connectivity index (χ0) is 7.68. The Morgan fingerprint density at radius 1 is 1.36 bits per heavy atom. The van der Waals surface area contributed by atoms with Crippen molar-refractivity contribution in [3.05, 3.63) is 29.9 Å². The van der Waals surface area contributed by atoms with E-state index in [0.717, 1.165) is 16.3 Å². The van der Waals surface area contributed by atoms with E-state index in [1.807, 2.05) is 23.6 Å². The van der Waals surface area contributed by atoms with Gasteiger partial charge in [-0.15, -0.1) is 0 Å². The van der Waals surface area contributed by atoms with Crippen LogP contribution in [-0.2, 0) is 0 Å². The van der Waals surface area contributed by atoms with Gasteiger partial charge in [-0.3, -0.25) is 0 Å². The van der Waals surface area contributed by atoms with Gasteiger partial charge in [0.1, 0.15) is 5.75 Å². The van der Waals surface area contributed by atoms with E-state index in [2.05, 4.69) is 0 Å². The Bertz CT molecular complexity index is 309. The second-order valence-corrected chi connectivity index (χ2v) is 3.16. The van der Waals surface area contributed by atoms with E-state index in [0.29, 0.717) is 0 Å². The highest BCUT2D eigenvalue weighted by Crippen LogP contribution is 2.34. The molecule has 2 N–H and O–H groups in total. The van der Waals surface area contributed by atoms with Gasteiger partial charge in [0.05, 0.1) is 11.2 Å². The van der Waals surface area contributed by atoms with E-state index in [1.165, 1.54) is 0 Å². The van der Waals surface area contributed by atoms with Crippen molar-refractivity contribution in [2.24, 2.45) is 0 Å². The molecule has 3 heteroatoms. The number of ether oxygens (including phenoxy) is 1. The van der Waals surface area contributed by atoms with E-state index >= 15 is 0 Å². The Kier molecular flexibility index (Phi) is 1.51. The number of fused-ring (bicyclic) bond motifs is 1. The monoisotopic (exact) mass is 165 g/mol. The molecule has 0 aliphatic carbocycles. The van der Waals surface area contributed by atoms with Crippen LogP contribution in [0.15, 0.2) is 34.8 Å². The third kappa shape index (κ3) is 1.19. The van der Waals surface area contributed by atoms with Gasteiger partial charge in [-0.05, 0) is 18.2 Å². The van der Waals surface area contributed by atoms with Crippen molar-refractivity contribution >= 4 is 17.4 Å². The number of nitrogens with two attached hydrogens (primary N) is 1. The minimum Gasteiger partial charge on any atom is -0.463 e. The summed E-state index contributed by atoms with van der Waals surface area (Å²) in [6, 6.07) is 5.61. The Hall–Kier alpha value is -1.09. The summed E-state index contributed by atoms with van der Waals surface area (Å²) in [5.74, 6) is 0.881. The normalized spacial score (nSPS) is 13.8. The molecule has 0 fully saturated rings. The second-order valence-electron chi connectivity index (χ2n) is 2.21. The van der Waals surface area contributed by atoms with E-state index in [4.69, 9.17) is 10.5 Å². The number of hydrogen-bond donors (Lipinski definition) is 1. The summed E-state index contributed by atoms with van der Waals surface area (Å²) in [5.41, 5.74) is 6.36. The lowest BCUT2D eigenvalue weighted by atomic mass is 10.3. The summed E-state index contributed by atoms with van der Waals surface area (Å²) in [6.45, 7) is 0. The van der Waals surface area contributed by atoms with Crippen molar-refractivity contribution in [2.75, 3.05) is 5.73 Å². The van der Waals surface area contributed by atoms with Crippen LogP contribution in [0.3, 0.4) is 0 Å². The molecule has 0 amide bonds. The van der Waals surface area contributed by atoms with Gasteiger partial charge in [0.25, 0.3) is 0 Å². The van der Waals surface area contributed by atoms with Crippen molar-refractivity contribution in [2.45, 2.75) is 4.90 Å². The van der Waals surface area contributed by atoms with Gasteiger partial charge in [0.2, 0.25) is 0 Å². The molecule has 0 spiro atoms. The quantitative estimate of drug-likeness (QED) is 0.599. The second kappa shape index (κ2) is 2.51. The van der Waals surface area contributed by atoms with Crippen LogP contribution in [0.5, 0.6) is 5.75 Å². The fourth-order valence-corrected chi connectivity index (χ4v) is 1.61. The zero-order valence-corrected chi connectivity index (χ0v) is 6.60. The molecule has 0 aromatic heterocycles. The van der Waals surface area contributed by atoms with Crippen molar-refractivity contribution in [1.29, 1.82) is 0 Å². The standard InChI is InChI=1S/C8H7NOS/c9-6-1-2-7-8(5-6)11-4-3-10-7/h1-5H,9H2. The molecule has 0 saturated carbocycles. The van der Waals surface area contributed by atoms with Gasteiger partial charge in [-0.1, -0.05) is 11.8 Å². The van der Waals surface area contributed by atoms with Crippen LogP contribution in [0, 0.1) is 0 Å². The van der Waals surface area contributed by atoms with Gasteiger partial charge >= 0.3 is 0 Å². The first-order chi connectivity index (χ1) is 5.36. The molecule has 1 aliphatic rings. The number of benzene rings is 1. The number of hydrogen-bond acceptors (Lipinski definition) is 3. The van der Waals surface area contributed by atoms with Gasteiger partial charge < -0.3 is 10.5 Å². The first-order valence-corrected chi connectivity index (χ1v) is 4.12. The Morgan fingerprint density at radius 3 is 3.18 bits per heavy atom. The topological polar surface area (TPSA) is 35.2 Å². The van der Waals surface area contributed by atoms with E-state index in [-0.39, 0.29) is 0 Å². The van der Waals surface area contributed by atoms with E-state index in [9.17, 15) is 0 Å². The number of thioether (sulfide) groups is 1. The van der Waals surface area contributed by atoms with Crippen LogP contribution in [0.1, 0.15) is 0 Å². The van der Waals surface area contributed by atoms with Crippen molar-refractivity contribution in [3.63, 3.8) is 0 Å². The average Bonchev–Trinajstić information content (AvgIpc) is 2.04. The van der Waals surface area contributed by atoms with Crippen LogP contribution in [0.4, 0.5) is 5.69 Å². The predicted molar refractivity (Wildman–Crippen MR) is 46.5 cm³/mol. The third-order valence-corrected chi connectivity index (χ3v) is 2.23. The fourth-order valence-electron chi connectivity index (χ4n) is 0.916. The maximum atomic E-state index is 5.59. The van der Waals surface area contributed by atoms with Gasteiger partial charge in [0.15, 0.2) is 0 Å². The molecule has 0 unspecified atom stereocenters. The van der Waals surface area contributed by atoms with Gasteiger partial charge in [-0.2, -0.15) is 0 Å². The number of anilines is 1. The number of nitrogen functional groups attached to an aromatic ring is 1. The smallest absolute Gasteiger partial charge is 0.140 e. The van der Waals surface area contributed by atoms with Crippen molar-refractivity contribution in [3.8, 4) is 5.75 Å². The van der Waals surface area contributed by atoms with Crippen LogP contribution in [-0.4, -0.2) is 0 Å². The van der Waals surface area contributed by atoms with E-state index in [1.54, 1.807) is 18.0 Å². The molecule has 11 heavy (non-hydrogen) atoms. The van der Waals surface area contributed by atoms with E-state index < -0.39 is 0 Å². The highest BCUT2D eigenvalue weighted by atomic mass is 32.2. The van der Waals surface area contributed by atoms with Gasteiger partial charge in [0, 0.05) is 11.1 Å². The van der Waals surface area contributed by atoms with Crippen molar-refractivity contribution in [1.82, 2.24) is 0 Å². The summed E-state index contributed by atoms with van der Waals surface area (Å²) in [7, 11) is 0. The molecule has 1 heterocycles. The average molecular weight is 165 g/mol. The first-order valence-electron chi connectivity index (χ1n) is 3.24. The zero-order valence-electron chi connectivity index (χ0n) is 5.78. The first kappa shape index (κ1) is 6.61. The largest absolute Gasteiger partial charge is 0.463 e. The molecule has 56 valence electrons. The lowest BCUT2D eigenvalue weighted by Gasteiger charge is -2.10. The molecular formula is C8H7NOS. The summed E-state index contributed by atoms with van der Waals surface area (Å²) < 4.78 is 5.22. The molecule has 1 aliphatic heterocycles. The van der Waals surface area contributed by atoms with Crippen LogP contribution < -0.4 is 10.5 Å². The summed E-state index contributed by atoms with van der Waals surface area (Å²) in [6.07, 6.45) is 1.67. The lowest BCUT2D eigenvalue weighted by molar-refractivity contribution is 0.468. The maximum Gasteiger partial charge on any atom is 0.140 e. The lowest BCUT2D eigenvalue weighted by Crippen LogP contribution is -1.91. The highest BCUT2D eigenvalue weighted by Gasteiger charge is 2.05. The molecule has 0 saturated heterocycles. The minimum absolute atomic E-state index is 0.773.